The van der Waals surface area contributed by atoms with Gasteiger partial charge in [-0.25, -0.2) is 4.90 Å². The largest absolute Gasteiger partial charge is 0.508 e. The summed E-state index contributed by atoms with van der Waals surface area (Å²) >= 11 is 0. The van der Waals surface area contributed by atoms with Crippen LogP contribution in [0.15, 0.2) is 48.5 Å². The fraction of sp³-hybridized carbons (Fsp3) is 0.391. The van der Waals surface area contributed by atoms with Gasteiger partial charge >= 0.3 is 18.2 Å². The molecule has 10 heteroatoms. The number of benzene rings is 2. The number of carboxylic acids is 1. The highest BCUT2D eigenvalue weighted by molar-refractivity contribution is 5.76. The highest BCUT2D eigenvalue weighted by Gasteiger charge is 2.36. The van der Waals surface area contributed by atoms with Crippen molar-refractivity contribution in [3.63, 3.8) is 0 Å². The molecule has 0 amide bonds. The van der Waals surface area contributed by atoms with Gasteiger partial charge in [0.15, 0.2) is 0 Å². The lowest BCUT2D eigenvalue weighted by molar-refractivity contribution is -0.243. The average molecular weight is 469 g/mol. The first kappa shape index (κ1) is 26.0. The monoisotopic (exact) mass is 469 g/mol. The van der Waals surface area contributed by atoms with Gasteiger partial charge in [-0.05, 0) is 49.2 Å². The van der Waals surface area contributed by atoms with E-state index in [1.165, 1.54) is 0 Å². The first-order chi connectivity index (χ1) is 15.5. The number of esters is 1. The van der Waals surface area contributed by atoms with Crippen molar-refractivity contribution in [3.05, 3.63) is 59.7 Å². The van der Waals surface area contributed by atoms with Crippen molar-refractivity contribution in [2.75, 3.05) is 20.2 Å². The number of hydrogen-bond acceptors (Lipinski definition) is 6. The van der Waals surface area contributed by atoms with E-state index in [9.17, 15) is 27.9 Å². The summed E-state index contributed by atoms with van der Waals surface area (Å²) in [6, 6.07) is 13.8. The summed E-state index contributed by atoms with van der Waals surface area (Å²) in [5.74, 6) is -1.52. The number of para-hydroxylation sites is 1. The molecule has 0 spiro atoms. The van der Waals surface area contributed by atoms with E-state index in [2.05, 4.69) is 0 Å². The van der Waals surface area contributed by atoms with Gasteiger partial charge in [0.2, 0.25) is 0 Å². The van der Waals surface area contributed by atoms with Crippen LogP contribution in [0, 0.1) is 0 Å². The number of hydrogen-bond donors (Lipinski definition) is 2. The van der Waals surface area contributed by atoms with E-state index in [-0.39, 0.29) is 17.3 Å². The van der Waals surface area contributed by atoms with Gasteiger partial charge in [-0.1, -0.05) is 30.3 Å². The van der Waals surface area contributed by atoms with Crippen LogP contribution in [-0.4, -0.2) is 59.7 Å². The molecule has 0 aliphatic carbocycles. The van der Waals surface area contributed by atoms with Crippen LogP contribution in [0.2, 0.25) is 0 Å². The molecule has 0 aromatic heterocycles. The highest BCUT2D eigenvalue weighted by atomic mass is 19.4. The summed E-state index contributed by atoms with van der Waals surface area (Å²) in [6.07, 6.45) is -5.61. The Kier molecular flexibility index (Phi) is 9.53. The number of alkyl halides is 3. The minimum atomic E-state index is -4.63. The number of aliphatic carboxylic acids is 1. The minimum absolute atomic E-state index is 0.0717. The molecule has 0 aliphatic heterocycles. The summed E-state index contributed by atoms with van der Waals surface area (Å²) in [5, 5.41) is 18.1. The molecule has 0 aliphatic rings. The third kappa shape index (κ3) is 9.40. The molecule has 0 fully saturated rings. The molecule has 0 saturated heterocycles. The van der Waals surface area contributed by atoms with Crippen molar-refractivity contribution >= 4 is 11.9 Å². The summed E-state index contributed by atoms with van der Waals surface area (Å²) in [5.41, 5.74) is 1.80. The second-order valence-electron chi connectivity index (χ2n) is 7.44. The van der Waals surface area contributed by atoms with E-state index in [1.54, 1.807) is 42.5 Å². The van der Waals surface area contributed by atoms with E-state index in [1.807, 2.05) is 6.07 Å². The van der Waals surface area contributed by atoms with Crippen molar-refractivity contribution in [1.82, 2.24) is 4.90 Å². The number of nitrogens with zero attached hydrogens (tertiary/aromatic N) is 1. The van der Waals surface area contributed by atoms with Crippen molar-refractivity contribution in [1.29, 1.82) is 0 Å². The Bertz CT molecular complexity index is 917. The molecule has 2 rings (SSSR count). The molecule has 2 aromatic carbocycles. The van der Waals surface area contributed by atoms with Crippen LogP contribution in [0.3, 0.4) is 0 Å². The number of carboxylic acid groups (broad SMARTS) is 1. The van der Waals surface area contributed by atoms with Gasteiger partial charge < -0.3 is 19.7 Å². The predicted octanol–water partition coefficient (Wildman–Crippen LogP) is 3.78. The number of aromatic hydroxyl groups is 1. The summed E-state index contributed by atoms with van der Waals surface area (Å²) in [4.78, 5) is 22.6. The van der Waals surface area contributed by atoms with Gasteiger partial charge in [-0.3, -0.25) is 9.59 Å². The first-order valence-electron chi connectivity index (χ1n) is 10.2. The zero-order valence-electron chi connectivity index (χ0n) is 18.0. The van der Waals surface area contributed by atoms with Crippen molar-refractivity contribution < 1.29 is 42.4 Å². The van der Waals surface area contributed by atoms with Gasteiger partial charge in [0, 0.05) is 6.54 Å². The Balaban J connectivity index is 2.04. The van der Waals surface area contributed by atoms with E-state index >= 15 is 0 Å². The molecule has 1 unspecified atom stereocenters. The summed E-state index contributed by atoms with van der Waals surface area (Å²) in [7, 11) is 0.823. The molecule has 1 atom stereocenters. The van der Waals surface area contributed by atoms with Gasteiger partial charge in [-0.2, -0.15) is 13.2 Å². The SMILES string of the molecule is CN(CC(COc1ccccc1CCc1ccc(O)cc1)OC(=O)CCC(=O)O)C(F)(F)F. The van der Waals surface area contributed by atoms with Crippen molar-refractivity contribution in [2.24, 2.45) is 0 Å². The Morgan fingerprint density at radius 2 is 1.70 bits per heavy atom. The number of carbonyl (C=O) groups is 2. The molecule has 0 radical (unpaired) electrons. The molecule has 33 heavy (non-hydrogen) atoms. The molecular formula is C23H26F3NO6. The van der Waals surface area contributed by atoms with Crippen LogP contribution in [0.25, 0.3) is 0 Å². The third-order valence-electron chi connectivity index (χ3n) is 4.77. The molecule has 0 bridgehead atoms. The smallest absolute Gasteiger partial charge is 0.459 e. The number of ether oxygens (including phenoxy) is 2. The molecular weight excluding hydrogens is 443 g/mol. The number of rotatable bonds is 12. The van der Waals surface area contributed by atoms with Crippen LogP contribution in [0.1, 0.15) is 24.0 Å². The number of aryl methyl sites for hydroxylation is 2. The number of halogens is 3. The maximum absolute atomic E-state index is 13.0. The normalized spacial score (nSPS) is 12.4. The zero-order chi connectivity index (χ0) is 24.4. The van der Waals surface area contributed by atoms with Gasteiger partial charge in [0.05, 0.1) is 12.8 Å². The molecule has 0 heterocycles. The number of likely N-dealkylation sites (N-methyl/N-ethyl adjacent to an activating group) is 1. The van der Waals surface area contributed by atoms with E-state index in [4.69, 9.17) is 14.6 Å². The number of phenols is 1. The molecule has 2 aromatic rings. The van der Waals surface area contributed by atoms with Gasteiger partial charge in [-0.15, -0.1) is 0 Å². The van der Waals surface area contributed by atoms with Crippen LogP contribution in [-0.2, 0) is 27.2 Å². The Labute approximate surface area is 189 Å². The fourth-order valence-electron chi connectivity index (χ4n) is 2.96. The molecule has 7 nitrogen and oxygen atoms in total. The van der Waals surface area contributed by atoms with Crippen LogP contribution in [0.5, 0.6) is 11.5 Å². The Morgan fingerprint density at radius 3 is 2.33 bits per heavy atom. The maximum Gasteiger partial charge on any atom is 0.459 e. The van der Waals surface area contributed by atoms with Crippen molar-refractivity contribution in [3.8, 4) is 11.5 Å². The predicted molar refractivity (Wildman–Crippen MR) is 113 cm³/mol. The van der Waals surface area contributed by atoms with Gasteiger partial charge in [0.1, 0.15) is 24.2 Å². The number of carbonyl (C=O) groups excluding carboxylic acids is 1. The number of phenolic OH excluding ortho intramolecular Hbond substituents is 1. The van der Waals surface area contributed by atoms with Gasteiger partial charge in [0.25, 0.3) is 0 Å². The lowest BCUT2D eigenvalue weighted by Crippen LogP contribution is -2.43. The molecule has 180 valence electrons. The minimum Gasteiger partial charge on any atom is -0.508 e. The van der Waals surface area contributed by atoms with E-state index in [0.717, 1.165) is 18.2 Å². The molecule has 2 N–H and O–H groups in total. The summed E-state index contributed by atoms with van der Waals surface area (Å²) in [6.45, 7) is -1.01. The first-order valence-corrected chi connectivity index (χ1v) is 10.2. The Hall–Kier alpha value is -3.27. The van der Waals surface area contributed by atoms with Crippen LogP contribution < -0.4 is 4.74 Å². The van der Waals surface area contributed by atoms with E-state index in [0.29, 0.717) is 18.6 Å². The quantitative estimate of drug-likeness (QED) is 0.361. The third-order valence-corrected chi connectivity index (χ3v) is 4.77. The highest BCUT2D eigenvalue weighted by Crippen LogP contribution is 2.23. The maximum atomic E-state index is 13.0. The fourth-order valence-corrected chi connectivity index (χ4v) is 2.96. The second-order valence-corrected chi connectivity index (χ2v) is 7.44. The lowest BCUT2D eigenvalue weighted by Gasteiger charge is -2.26. The lowest BCUT2D eigenvalue weighted by atomic mass is 10.0. The van der Waals surface area contributed by atoms with Crippen LogP contribution in [0.4, 0.5) is 13.2 Å². The zero-order valence-corrected chi connectivity index (χ0v) is 18.0. The molecule has 0 saturated carbocycles. The topological polar surface area (TPSA) is 96.3 Å². The standard InChI is InChI=1S/C23H26F3NO6/c1-27(23(24,25)26)14-19(33-22(31)13-12-21(29)30)15-32-20-5-3-2-4-17(20)9-6-16-7-10-18(28)11-8-16/h2-5,7-8,10-11,19,28H,6,9,12-15H2,1H3,(H,29,30). The summed E-state index contributed by atoms with van der Waals surface area (Å²) < 4.78 is 49.7. The van der Waals surface area contributed by atoms with E-state index < -0.39 is 43.7 Å². The Morgan fingerprint density at radius 1 is 1.03 bits per heavy atom. The van der Waals surface area contributed by atoms with Crippen molar-refractivity contribution in [2.45, 2.75) is 38.1 Å². The second kappa shape index (κ2) is 12.1. The average Bonchev–Trinajstić information content (AvgIpc) is 2.75. The van der Waals surface area contributed by atoms with Crippen LogP contribution >= 0.6 is 0 Å².